The van der Waals surface area contributed by atoms with E-state index in [1.165, 1.54) is 12.0 Å². The van der Waals surface area contributed by atoms with Crippen LogP contribution in [-0.4, -0.2) is 36.3 Å². The Hall–Kier alpha value is -1.84. The lowest BCUT2D eigenvalue weighted by Crippen LogP contribution is -2.41. The fraction of sp³-hybridized carbons (Fsp3) is 0.579. The van der Waals surface area contributed by atoms with Crippen LogP contribution in [0.2, 0.25) is 0 Å². The van der Waals surface area contributed by atoms with E-state index in [9.17, 15) is 9.59 Å². The van der Waals surface area contributed by atoms with Gasteiger partial charge < -0.3 is 9.80 Å². The third-order valence-corrected chi connectivity index (χ3v) is 5.55. The van der Waals surface area contributed by atoms with E-state index in [0.29, 0.717) is 5.92 Å². The van der Waals surface area contributed by atoms with Gasteiger partial charge in [-0.3, -0.25) is 9.59 Å². The molecule has 0 N–H and O–H groups in total. The monoisotopic (exact) mass is 312 g/mol. The molecule has 0 bridgehead atoms. The van der Waals surface area contributed by atoms with E-state index in [0.717, 1.165) is 44.6 Å². The predicted octanol–water partition coefficient (Wildman–Crippen LogP) is 2.47. The van der Waals surface area contributed by atoms with Crippen molar-refractivity contribution >= 4 is 17.5 Å². The van der Waals surface area contributed by atoms with Crippen LogP contribution in [0.15, 0.2) is 24.3 Å². The number of piperidine rings is 1. The van der Waals surface area contributed by atoms with Crippen LogP contribution in [0.25, 0.3) is 0 Å². The number of amides is 2. The molecule has 1 aliphatic carbocycles. The van der Waals surface area contributed by atoms with Gasteiger partial charge in [0.25, 0.3) is 0 Å². The third-order valence-electron chi connectivity index (χ3n) is 5.55. The van der Waals surface area contributed by atoms with Crippen LogP contribution in [0.5, 0.6) is 0 Å². The molecule has 1 aromatic carbocycles. The van der Waals surface area contributed by atoms with Gasteiger partial charge in [0.05, 0.1) is 11.8 Å². The summed E-state index contributed by atoms with van der Waals surface area (Å²) < 4.78 is 0. The Kier molecular flexibility index (Phi) is 3.63. The number of nitrogens with zero attached hydrogens (tertiary/aromatic N) is 2. The maximum Gasteiger partial charge on any atom is 0.230 e. The molecule has 4 nitrogen and oxygen atoms in total. The first kappa shape index (κ1) is 14.7. The highest BCUT2D eigenvalue weighted by Gasteiger charge is 2.51. The number of anilines is 1. The molecule has 1 saturated heterocycles. The molecule has 0 aromatic heterocycles. The first-order chi connectivity index (χ1) is 11.1. The Morgan fingerprint density at radius 2 is 1.87 bits per heavy atom. The molecule has 0 radical (unpaired) electrons. The summed E-state index contributed by atoms with van der Waals surface area (Å²) in [5.41, 5.74) is 2.29. The molecule has 2 amide bonds. The first-order valence-corrected chi connectivity index (χ1v) is 8.83. The summed E-state index contributed by atoms with van der Waals surface area (Å²) in [6, 6.07) is 8.11. The molecule has 4 heteroatoms. The molecule has 122 valence electrons. The van der Waals surface area contributed by atoms with Crippen molar-refractivity contribution in [3.05, 3.63) is 29.8 Å². The fourth-order valence-corrected chi connectivity index (χ4v) is 4.13. The lowest BCUT2D eigenvalue weighted by Gasteiger charge is -2.31. The number of para-hydroxylation sites is 1. The number of hydrogen-bond acceptors (Lipinski definition) is 2. The van der Waals surface area contributed by atoms with Crippen molar-refractivity contribution in [2.45, 2.75) is 32.6 Å². The maximum absolute atomic E-state index is 12.8. The van der Waals surface area contributed by atoms with Gasteiger partial charge in [-0.25, -0.2) is 0 Å². The van der Waals surface area contributed by atoms with Crippen LogP contribution in [-0.2, 0) is 16.0 Å². The van der Waals surface area contributed by atoms with Gasteiger partial charge in [0.2, 0.25) is 11.8 Å². The van der Waals surface area contributed by atoms with Crippen molar-refractivity contribution in [1.82, 2.24) is 4.90 Å². The topological polar surface area (TPSA) is 40.6 Å². The molecular formula is C19H24N2O2. The number of rotatable bonds is 2. The smallest absolute Gasteiger partial charge is 0.230 e. The zero-order chi connectivity index (χ0) is 16.0. The van der Waals surface area contributed by atoms with E-state index in [2.05, 4.69) is 13.0 Å². The van der Waals surface area contributed by atoms with Crippen molar-refractivity contribution in [1.29, 1.82) is 0 Å². The Bertz CT molecular complexity index is 642. The Morgan fingerprint density at radius 1 is 1.09 bits per heavy atom. The highest BCUT2D eigenvalue weighted by Crippen LogP contribution is 2.43. The van der Waals surface area contributed by atoms with Crippen molar-refractivity contribution in [2.75, 3.05) is 24.5 Å². The van der Waals surface area contributed by atoms with Crippen LogP contribution < -0.4 is 4.90 Å². The van der Waals surface area contributed by atoms with Gasteiger partial charge in [-0.15, -0.1) is 0 Å². The third kappa shape index (κ3) is 2.64. The van der Waals surface area contributed by atoms with Gasteiger partial charge in [0.15, 0.2) is 0 Å². The van der Waals surface area contributed by atoms with Crippen molar-refractivity contribution in [3.63, 3.8) is 0 Å². The molecule has 1 saturated carbocycles. The fourth-order valence-electron chi connectivity index (χ4n) is 4.13. The second-order valence-corrected chi connectivity index (χ2v) is 7.35. The lowest BCUT2D eigenvalue weighted by molar-refractivity contribution is -0.135. The van der Waals surface area contributed by atoms with E-state index in [-0.39, 0.29) is 23.7 Å². The Labute approximate surface area is 137 Å². The predicted molar refractivity (Wildman–Crippen MR) is 89.1 cm³/mol. The van der Waals surface area contributed by atoms with E-state index in [1.54, 1.807) is 0 Å². The number of benzene rings is 1. The number of likely N-dealkylation sites (tertiary alicyclic amines) is 1. The Morgan fingerprint density at radius 3 is 2.70 bits per heavy atom. The molecule has 2 aliphatic heterocycles. The molecule has 2 fully saturated rings. The van der Waals surface area contributed by atoms with Crippen LogP contribution >= 0.6 is 0 Å². The van der Waals surface area contributed by atoms with Crippen LogP contribution in [0.4, 0.5) is 5.69 Å². The molecule has 3 aliphatic rings. The molecule has 3 unspecified atom stereocenters. The summed E-state index contributed by atoms with van der Waals surface area (Å²) >= 11 is 0. The number of carbonyl (C=O) groups excluding carboxylic acids is 2. The first-order valence-electron chi connectivity index (χ1n) is 8.83. The molecular weight excluding hydrogens is 288 g/mol. The van der Waals surface area contributed by atoms with E-state index in [1.807, 2.05) is 28.0 Å². The van der Waals surface area contributed by atoms with Gasteiger partial charge in [-0.1, -0.05) is 25.1 Å². The Balaban J connectivity index is 1.41. The van der Waals surface area contributed by atoms with E-state index >= 15 is 0 Å². The quantitative estimate of drug-likeness (QED) is 0.842. The van der Waals surface area contributed by atoms with Gasteiger partial charge in [-0.05, 0) is 43.2 Å². The second-order valence-electron chi connectivity index (χ2n) is 7.35. The summed E-state index contributed by atoms with van der Waals surface area (Å²) in [6.45, 7) is 4.70. The molecule has 4 rings (SSSR count). The van der Waals surface area contributed by atoms with Gasteiger partial charge in [0, 0.05) is 25.3 Å². The minimum Gasteiger partial charge on any atom is -0.342 e. The number of carbonyl (C=O) groups is 2. The minimum atomic E-state index is -0.0918. The van der Waals surface area contributed by atoms with E-state index < -0.39 is 0 Å². The number of fused-ring (bicyclic) bond motifs is 1. The summed E-state index contributed by atoms with van der Waals surface area (Å²) in [7, 11) is 0. The van der Waals surface area contributed by atoms with Crippen LogP contribution in [0, 0.1) is 17.8 Å². The minimum absolute atomic E-state index is 0.0689. The highest BCUT2D eigenvalue weighted by atomic mass is 16.2. The van der Waals surface area contributed by atoms with Gasteiger partial charge in [-0.2, -0.15) is 0 Å². The summed E-state index contributed by atoms with van der Waals surface area (Å²) in [6.07, 6.45) is 3.97. The SMILES string of the molecule is CC1CCCN(C(=O)C2CC2C(=O)N2CCc3ccccc32)C1. The van der Waals surface area contributed by atoms with Crippen molar-refractivity contribution < 1.29 is 9.59 Å². The van der Waals surface area contributed by atoms with Crippen molar-refractivity contribution in [3.8, 4) is 0 Å². The lowest BCUT2D eigenvalue weighted by atomic mass is 10.00. The zero-order valence-corrected chi connectivity index (χ0v) is 13.7. The standard InChI is InChI=1S/C19H24N2O2/c1-13-5-4-9-20(12-13)18(22)15-11-16(15)19(23)21-10-8-14-6-2-3-7-17(14)21/h2-3,6-7,13,15-16H,4-5,8-12H2,1H3. The molecule has 2 heterocycles. The summed E-state index contributed by atoms with van der Waals surface area (Å²) in [5, 5.41) is 0. The van der Waals surface area contributed by atoms with E-state index in [4.69, 9.17) is 0 Å². The molecule has 3 atom stereocenters. The van der Waals surface area contributed by atoms with Gasteiger partial charge in [0.1, 0.15) is 0 Å². The van der Waals surface area contributed by atoms with Crippen LogP contribution in [0.3, 0.4) is 0 Å². The molecule has 0 spiro atoms. The maximum atomic E-state index is 12.8. The summed E-state index contributed by atoms with van der Waals surface area (Å²) in [4.78, 5) is 29.3. The number of hydrogen-bond donors (Lipinski definition) is 0. The van der Waals surface area contributed by atoms with Crippen molar-refractivity contribution in [2.24, 2.45) is 17.8 Å². The summed E-state index contributed by atoms with van der Waals surface area (Å²) in [5.74, 6) is 0.790. The second kappa shape index (κ2) is 5.66. The average molecular weight is 312 g/mol. The molecule has 1 aromatic rings. The van der Waals surface area contributed by atoms with Crippen LogP contribution in [0.1, 0.15) is 31.7 Å². The average Bonchev–Trinajstić information content (AvgIpc) is 3.25. The molecule has 23 heavy (non-hydrogen) atoms. The normalized spacial score (nSPS) is 29.3. The van der Waals surface area contributed by atoms with Gasteiger partial charge >= 0.3 is 0 Å². The zero-order valence-electron chi connectivity index (χ0n) is 13.7. The highest BCUT2D eigenvalue weighted by molar-refractivity contribution is 6.02. The largest absolute Gasteiger partial charge is 0.342 e.